The van der Waals surface area contributed by atoms with Crippen LogP contribution >= 0.6 is 11.8 Å². The number of aromatic nitrogens is 3. The monoisotopic (exact) mass is 349 g/mol. The van der Waals surface area contributed by atoms with Gasteiger partial charge in [0.2, 0.25) is 0 Å². The number of hydrogen-bond donors (Lipinski definition) is 1. The zero-order valence-corrected chi connectivity index (χ0v) is 15.1. The molecule has 4 aromatic rings. The van der Waals surface area contributed by atoms with Gasteiger partial charge in [0.1, 0.15) is 5.69 Å². The van der Waals surface area contributed by atoms with Gasteiger partial charge in [-0.3, -0.25) is 0 Å². The molecule has 0 amide bonds. The van der Waals surface area contributed by atoms with Crippen molar-refractivity contribution < 1.29 is 4.42 Å². The van der Waals surface area contributed by atoms with Crippen molar-refractivity contribution in [1.82, 2.24) is 15.2 Å². The molecule has 0 atom stereocenters. The Hall–Kier alpha value is -2.53. The van der Waals surface area contributed by atoms with Gasteiger partial charge in [0.25, 0.3) is 11.1 Å². The second-order valence-electron chi connectivity index (χ2n) is 6.03. The maximum Gasteiger partial charge on any atom is 0.277 e. The third-order valence-corrected chi connectivity index (χ3v) is 5.13. The van der Waals surface area contributed by atoms with Crippen molar-refractivity contribution in [2.24, 2.45) is 0 Å². The molecule has 0 spiro atoms. The Kier molecular flexibility index (Phi) is 4.32. The van der Waals surface area contributed by atoms with E-state index in [1.807, 2.05) is 18.2 Å². The molecule has 4 rings (SSSR count). The second kappa shape index (κ2) is 6.76. The standard InChI is InChI=1S/C20H19N3OS/c1-3-15-16-11-13(2)9-10-17(16)21-18(15)19-22-23-20(24-19)25-12-14-7-5-4-6-8-14/h4-11,21H,3,12H2,1-2H3. The third kappa shape index (κ3) is 3.20. The highest BCUT2D eigenvalue weighted by Gasteiger charge is 2.17. The number of nitrogens with zero attached hydrogens (tertiary/aromatic N) is 2. The SMILES string of the molecule is CCc1c(-c2nnc(SCc3ccccc3)o2)[nH]c2ccc(C)cc12. The van der Waals surface area contributed by atoms with Crippen LogP contribution in [-0.2, 0) is 12.2 Å². The van der Waals surface area contributed by atoms with Gasteiger partial charge in [0.05, 0.1) is 0 Å². The molecule has 0 aliphatic rings. The molecule has 2 aromatic heterocycles. The number of nitrogens with one attached hydrogen (secondary N) is 1. The molecule has 1 N–H and O–H groups in total. The largest absolute Gasteiger partial charge is 0.410 e. The second-order valence-corrected chi connectivity index (χ2v) is 6.96. The average Bonchev–Trinajstić information content (AvgIpc) is 3.24. The van der Waals surface area contributed by atoms with Gasteiger partial charge < -0.3 is 9.40 Å². The molecule has 0 saturated heterocycles. The number of fused-ring (bicyclic) bond motifs is 1. The van der Waals surface area contributed by atoms with Gasteiger partial charge in [0.15, 0.2) is 0 Å². The van der Waals surface area contributed by atoms with E-state index in [4.69, 9.17) is 4.42 Å². The molecule has 5 heteroatoms. The van der Waals surface area contributed by atoms with Crippen LogP contribution in [0.2, 0.25) is 0 Å². The molecule has 0 bridgehead atoms. The van der Waals surface area contributed by atoms with E-state index < -0.39 is 0 Å². The van der Waals surface area contributed by atoms with Crippen LogP contribution in [-0.4, -0.2) is 15.2 Å². The molecule has 2 aromatic carbocycles. The summed E-state index contributed by atoms with van der Waals surface area (Å²) in [5, 5.41) is 10.3. The fourth-order valence-corrected chi connectivity index (χ4v) is 3.72. The van der Waals surface area contributed by atoms with Crippen molar-refractivity contribution in [3.8, 4) is 11.6 Å². The number of benzene rings is 2. The maximum absolute atomic E-state index is 5.90. The first-order valence-electron chi connectivity index (χ1n) is 8.36. The zero-order chi connectivity index (χ0) is 17.2. The van der Waals surface area contributed by atoms with Crippen LogP contribution in [0.15, 0.2) is 58.2 Å². The van der Waals surface area contributed by atoms with E-state index in [1.165, 1.54) is 22.1 Å². The summed E-state index contributed by atoms with van der Waals surface area (Å²) in [6.07, 6.45) is 0.910. The Labute approximate surface area is 150 Å². The summed E-state index contributed by atoms with van der Waals surface area (Å²) in [7, 11) is 0. The summed E-state index contributed by atoms with van der Waals surface area (Å²) >= 11 is 1.56. The fraction of sp³-hybridized carbons (Fsp3) is 0.200. The van der Waals surface area contributed by atoms with Crippen molar-refractivity contribution >= 4 is 22.7 Å². The van der Waals surface area contributed by atoms with E-state index in [9.17, 15) is 0 Å². The van der Waals surface area contributed by atoms with E-state index in [2.05, 4.69) is 59.4 Å². The zero-order valence-electron chi connectivity index (χ0n) is 14.2. The Morgan fingerprint density at radius 2 is 1.92 bits per heavy atom. The molecule has 0 aliphatic carbocycles. The Morgan fingerprint density at radius 3 is 2.72 bits per heavy atom. The molecule has 2 heterocycles. The van der Waals surface area contributed by atoms with Crippen molar-refractivity contribution in [3.05, 3.63) is 65.2 Å². The number of hydrogen-bond acceptors (Lipinski definition) is 4. The lowest BCUT2D eigenvalue weighted by Gasteiger charge is -1.98. The Morgan fingerprint density at radius 1 is 1.08 bits per heavy atom. The molecule has 4 nitrogen and oxygen atoms in total. The molecular formula is C20H19N3OS. The Bertz CT molecular complexity index is 1000. The summed E-state index contributed by atoms with van der Waals surface area (Å²) in [5.74, 6) is 1.37. The lowest BCUT2D eigenvalue weighted by atomic mass is 10.1. The van der Waals surface area contributed by atoms with Crippen molar-refractivity contribution in [1.29, 1.82) is 0 Å². The van der Waals surface area contributed by atoms with Gasteiger partial charge in [-0.2, -0.15) is 0 Å². The van der Waals surface area contributed by atoms with Crippen molar-refractivity contribution in [2.45, 2.75) is 31.2 Å². The lowest BCUT2D eigenvalue weighted by Crippen LogP contribution is -1.85. The summed E-state index contributed by atoms with van der Waals surface area (Å²) in [6, 6.07) is 16.7. The van der Waals surface area contributed by atoms with Gasteiger partial charge in [-0.1, -0.05) is 60.6 Å². The van der Waals surface area contributed by atoms with E-state index >= 15 is 0 Å². The molecule has 0 radical (unpaired) electrons. The van der Waals surface area contributed by atoms with Gasteiger partial charge in [-0.05, 0) is 36.6 Å². The highest BCUT2D eigenvalue weighted by Crippen LogP contribution is 2.32. The first kappa shape index (κ1) is 16.0. The number of aromatic amines is 1. The first-order chi connectivity index (χ1) is 12.2. The number of thioether (sulfide) groups is 1. The van der Waals surface area contributed by atoms with Crippen LogP contribution in [0.25, 0.3) is 22.5 Å². The van der Waals surface area contributed by atoms with Crippen molar-refractivity contribution in [3.63, 3.8) is 0 Å². The molecule has 0 fully saturated rings. The van der Waals surface area contributed by atoms with E-state index in [-0.39, 0.29) is 0 Å². The predicted octanol–water partition coefficient (Wildman–Crippen LogP) is 5.38. The van der Waals surface area contributed by atoms with Crippen LogP contribution in [0, 0.1) is 6.92 Å². The third-order valence-electron chi connectivity index (χ3n) is 4.24. The van der Waals surface area contributed by atoms with E-state index in [0.29, 0.717) is 11.1 Å². The van der Waals surface area contributed by atoms with Crippen LogP contribution < -0.4 is 0 Å². The molecule has 0 unspecified atom stereocenters. The highest BCUT2D eigenvalue weighted by molar-refractivity contribution is 7.98. The minimum absolute atomic E-state index is 0.557. The van der Waals surface area contributed by atoms with Crippen molar-refractivity contribution in [2.75, 3.05) is 0 Å². The van der Waals surface area contributed by atoms with Crippen LogP contribution in [0.3, 0.4) is 0 Å². The lowest BCUT2D eigenvalue weighted by molar-refractivity contribution is 0.464. The quantitative estimate of drug-likeness (QED) is 0.491. The summed E-state index contributed by atoms with van der Waals surface area (Å²) < 4.78 is 5.90. The van der Waals surface area contributed by atoms with E-state index in [0.717, 1.165) is 23.4 Å². The summed E-state index contributed by atoms with van der Waals surface area (Å²) in [4.78, 5) is 3.44. The topological polar surface area (TPSA) is 54.7 Å². The van der Waals surface area contributed by atoms with Crippen LogP contribution in [0.4, 0.5) is 0 Å². The molecule has 0 saturated carbocycles. The predicted molar refractivity (Wildman–Crippen MR) is 102 cm³/mol. The molecular weight excluding hydrogens is 330 g/mol. The van der Waals surface area contributed by atoms with Gasteiger partial charge in [-0.15, -0.1) is 10.2 Å². The maximum atomic E-state index is 5.90. The first-order valence-corrected chi connectivity index (χ1v) is 9.35. The summed E-state index contributed by atoms with van der Waals surface area (Å²) in [6.45, 7) is 4.26. The number of rotatable bonds is 5. The van der Waals surface area contributed by atoms with Gasteiger partial charge >= 0.3 is 0 Å². The molecule has 25 heavy (non-hydrogen) atoms. The minimum Gasteiger partial charge on any atom is -0.410 e. The average molecular weight is 349 g/mol. The number of H-pyrrole nitrogens is 1. The number of aryl methyl sites for hydroxylation is 2. The molecule has 0 aliphatic heterocycles. The highest BCUT2D eigenvalue weighted by atomic mass is 32.2. The normalized spacial score (nSPS) is 11.3. The Balaban J connectivity index is 1.62. The summed E-state index contributed by atoms with van der Waals surface area (Å²) in [5.41, 5.74) is 5.75. The van der Waals surface area contributed by atoms with Crippen LogP contribution in [0.5, 0.6) is 0 Å². The van der Waals surface area contributed by atoms with Gasteiger partial charge in [-0.25, -0.2) is 0 Å². The van der Waals surface area contributed by atoms with Gasteiger partial charge in [0, 0.05) is 16.7 Å². The van der Waals surface area contributed by atoms with E-state index in [1.54, 1.807) is 11.8 Å². The minimum atomic E-state index is 0.557. The molecule has 126 valence electrons. The fourth-order valence-electron chi connectivity index (χ4n) is 3.00. The smallest absolute Gasteiger partial charge is 0.277 e. The van der Waals surface area contributed by atoms with Crippen LogP contribution in [0.1, 0.15) is 23.6 Å².